The summed E-state index contributed by atoms with van der Waals surface area (Å²) in [6.07, 6.45) is 2.05. The number of fused-ring (bicyclic) bond motifs is 1. The Labute approximate surface area is 80.2 Å². The molecule has 1 amide bonds. The number of benzene rings is 1. The highest BCUT2D eigenvalue weighted by molar-refractivity contribution is 6.32. The lowest BCUT2D eigenvalue weighted by atomic mass is 10.2. The van der Waals surface area contributed by atoms with Gasteiger partial charge in [-0.3, -0.25) is 0 Å². The van der Waals surface area contributed by atoms with Crippen LogP contribution in [0.5, 0.6) is 0 Å². The van der Waals surface area contributed by atoms with E-state index in [1.165, 1.54) is 6.20 Å². The van der Waals surface area contributed by atoms with Crippen LogP contribution in [0.15, 0.2) is 30.5 Å². The van der Waals surface area contributed by atoms with E-state index in [0.717, 1.165) is 5.56 Å². The van der Waals surface area contributed by atoms with Crippen molar-refractivity contribution in [3.63, 3.8) is 0 Å². The molecule has 3 nitrogen and oxygen atoms in total. The van der Waals surface area contributed by atoms with Gasteiger partial charge in [0.25, 0.3) is 0 Å². The van der Waals surface area contributed by atoms with Crippen molar-refractivity contribution in [1.82, 2.24) is 4.00 Å². The molecule has 0 fully saturated rings. The van der Waals surface area contributed by atoms with Crippen LogP contribution in [-0.4, -0.2) is 11.2 Å². The Balaban J connectivity index is 2.61. The van der Waals surface area contributed by atoms with Crippen molar-refractivity contribution < 1.29 is 9.90 Å². The number of carboxylic acid groups (broad SMARTS) is 1. The van der Waals surface area contributed by atoms with Crippen LogP contribution in [0.1, 0.15) is 5.56 Å². The fourth-order valence-corrected chi connectivity index (χ4v) is 1.57. The van der Waals surface area contributed by atoms with E-state index in [1.54, 1.807) is 18.2 Å². The molecule has 1 aliphatic rings. The van der Waals surface area contributed by atoms with Crippen LogP contribution < -0.4 is 4.00 Å². The number of halogens is 1. The molecule has 1 aromatic carbocycles. The van der Waals surface area contributed by atoms with E-state index >= 15 is 0 Å². The third-order valence-corrected chi connectivity index (χ3v) is 2.46. The van der Waals surface area contributed by atoms with Crippen LogP contribution in [0.4, 0.5) is 10.5 Å². The lowest BCUT2D eigenvalue weighted by molar-refractivity contribution is 0.183. The maximum atomic E-state index is 10.9. The van der Waals surface area contributed by atoms with Gasteiger partial charge in [-0.1, -0.05) is 16.1 Å². The molecule has 1 heterocycles. The summed E-state index contributed by atoms with van der Waals surface area (Å²) in [5.74, 6) is 0. The first kappa shape index (κ1) is 8.29. The molecule has 66 valence electrons. The van der Waals surface area contributed by atoms with E-state index < -0.39 is 10.1 Å². The quantitative estimate of drug-likeness (QED) is 0.648. The van der Waals surface area contributed by atoms with Gasteiger partial charge in [0, 0.05) is 17.7 Å². The zero-order valence-electron chi connectivity index (χ0n) is 6.64. The Morgan fingerprint density at radius 1 is 1.38 bits per heavy atom. The maximum absolute atomic E-state index is 10.9. The Hall–Kier alpha value is -1.32. The summed E-state index contributed by atoms with van der Waals surface area (Å²) in [4.78, 5) is 10.9. The van der Waals surface area contributed by atoms with Gasteiger partial charge in [-0.05, 0) is 6.07 Å². The van der Waals surface area contributed by atoms with E-state index in [2.05, 4.69) is 0 Å². The Bertz CT molecular complexity index is 402. The molecule has 1 aliphatic heterocycles. The highest BCUT2D eigenvalue weighted by Crippen LogP contribution is 2.37. The van der Waals surface area contributed by atoms with E-state index in [1.807, 2.05) is 12.1 Å². The van der Waals surface area contributed by atoms with Gasteiger partial charge in [-0.15, -0.1) is 0 Å². The average Bonchev–Trinajstić information content (AvgIpc) is 2.47. The smallest absolute Gasteiger partial charge is 0.434 e. The molecule has 0 saturated heterocycles. The lowest BCUT2D eigenvalue weighted by Gasteiger charge is -2.13. The molecule has 0 aromatic heterocycles. The molecule has 13 heavy (non-hydrogen) atoms. The molecule has 1 unspecified atom stereocenters. The number of nitrogens with zero attached hydrogens (tertiary/aromatic N) is 1. The summed E-state index contributed by atoms with van der Waals surface area (Å²) < 4.78 is -0.684. The second-order valence-electron chi connectivity index (χ2n) is 2.79. The molecule has 0 spiro atoms. The van der Waals surface area contributed by atoms with Crippen molar-refractivity contribution >= 4 is 29.6 Å². The van der Waals surface area contributed by atoms with Crippen LogP contribution in [0.2, 0.25) is 0 Å². The Kier molecular flexibility index (Phi) is 1.65. The predicted molar refractivity (Wildman–Crippen MR) is 51.1 cm³/mol. The van der Waals surface area contributed by atoms with Crippen molar-refractivity contribution in [3.8, 4) is 0 Å². The molecular formula is C9H7ClNO2+. The summed E-state index contributed by atoms with van der Waals surface area (Å²) >= 11 is 5.89. The standard InChI is InChI=1S/C9H6ClNO2/c10-11(9(12)13)6-5-7-3-1-2-4-8(7)11/h1-6H/p+1. The van der Waals surface area contributed by atoms with Gasteiger partial charge in [0.2, 0.25) is 0 Å². The highest BCUT2D eigenvalue weighted by atomic mass is 35.5. The van der Waals surface area contributed by atoms with Crippen molar-refractivity contribution in [1.29, 1.82) is 0 Å². The third kappa shape index (κ3) is 1.05. The van der Waals surface area contributed by atoms with Gasteiger partial charge < -0.3 is 5.11 Å². The normalized spacial score (nSPS) is 24.4. The van der Waals surface area contributed by atoms with E-state index in [0.29, 0.717) is 5.69 Å². The second kappa shape index (κ2) is 2.58. The van der Waals surface area contributed by atoms with Crippen LogP contribution in [0.25, 0.3) is 6.08 Å². The summed E-state index contributed by atoms with van der Waals surface area (Å²) in [7, 11) is 0. The first-order chi connectivity index (χ1) is 6.14. The van der Waals surface area contributed by atoms with Crippen molar-refractivity contribution in [3.05, 3.63) is 36.0 Å². The van der Waals surface area contributed by atoms with Gasteiger partial charge in [-0.2, -0.15) is 4.79 Å². The van der Waals surface area contributed by atoms with Gasteiger partial charge in [0.1, 0.15) is 6.20 Å². The van der Waals surface area contributed by atoms with Crippen LogP contribution in [0, 0.1) is 0 Å². The predicted octanol–water partition coefficient (Wildman–Crippen LogP) is 2.81. The average molecular weight is 197 g/mol. The van der Waals surface area contributed by atoms with E-state index in [4.69, 9.17) is 16.9 Å². The molecule has 1 N–H and O–H groups in total. The van der Waals surface area contributed by atoms with E-state index in [9.17, 15) is 4.79 Å². The molecule has 4 heteroatoms. The molecule has 0 saturated carbocycles. The van der Waals surface area contributed by atoms with Crippen LogP contribution in [-0.2, 0) is 0 Å². The third-order valence-electron chi connectivity index (χ3n) is 2.03. The van der Waals surface area contributed by atoms with Gasteiger partial charge in [0.15, 0.2) is 17.5 Å². The van der Waals surface area contributed by atoms with Gasteiger partial charge in [-0.25, -0.2) is 0 Å². The number of quaternary nitrogens is 1. The molecule has 1 atom stereocenters. The summed E-state index contributed by atoms with van der Waals surface area (Å²) in [5, 5.41) is 8.91. The summed E-state index contributed by atoms with van der Waals surface area (Å²) in [6, 6.07) is 7.15. The first-order valence-electron chi connectivity index (χ1n) is 3.75. The van der Waals surface area contributed by atoms with Gasteiger partial charge in [0.05, 0.1) is 0 Å². The minimum Gasteiger partial charge on any atom is -0.434 e. The monoisotopic (exact) mass is 196 g/mol. The summed E-state index contributed by atoms with van der Waals surface area (Å²) in [6.45, 7) is 0. The fourth-order valence-electron chi connectivity index (χ4n) is 1.35. The lowest BCUT2D eigenvalue weighted by Crippen LogP contribution is -2.36. The first-order valence-corrected chi connectivity index (χ1v) is 4.09. The van der Waals surface area contributed by atoms with Crippen LogP contribution in [0.3, 0.4) is 0 Å². The minimum atomic E-state index is -1.09. The van der Waals surface area contributed by atoms with Crippen molar-refractivity contribution in [2.75, 3.05) is 0 Å². The number of hydrogen-bond donors (Lipinski definition) is 1. The van der Waals surface area contributed by atoms with Gasteiger partial charge >= 0.3 is 6.09 Å². The van der Waals surface area contributed by atoms with E-state index in [-0.39, 0.29) is 0 Å². The van der Waals surface area contributed by atoms with Crippen molar-refractivity contribution in [2.24, 2.45) is 0 Å². The second-order valence-corrected chi connectivity index (χ2v) is 3.33. The Morgan fingerprint density at radius 2 is 2.08 bits per heavy atom. The Morgan fingerprint density at radius 3 is 2.77 bits per heavy atom. The number of hydrogen-bond acceptors (Lipinski definition) is 1. The highest BCUT2D eigenvalue weighted by Gasteiger charge is 2.42. The molecule has 0 aliphatic carbocycles. The SMILES string of the molecule is O=C(O)[N+]1(Cl)C=Cc2ccccc21. The van der Waals surface area contributed by atoms with Crippen molar-refractivity contribution in [2.45, 2.75) is 0 Å². The number of carbonyl (C=O) groups is 1. The topological polar surface area (TPSA) is 37.3 Å². The number of amides is 1. The maximum Gasteiger partial charge on any atom is 0.542 e. The molecule has 0 bridgehead atoms. The number of para-hydroxylation sites is 1. The molecular weight excluding hydrogens is 190 g/mol. The zero-order valence-corrected chi connectivity index (χ0v) is 7.40. The number of rotatable bonds is 0. The largest absolute Gasteiger partial charge is 0.542 e. The molecule has 0 radical (unpaired) electrons. The van der Waals surface area contributed by atoms with Crippen LogP contribution >= 0.6 is 11.8 Å². The summed E-state index contributed by atoms with van der Waals surface area (Å²) in [5.41, 5.74) is 1.43. The minimum absolute atomic E-state index is 0.580. The molecule has 1 aromatic rings. The fraction of sp³-hybridized carbons (Fsp3) is 0. The zero-order chi connectivity index (χ0) is 9.47. The molecule has 2 rings (SSSR count).